The van der Waals surface area contributed by atoms with E-state index in [-0.39, 0.29) is 22.9 Å². The maximum atomic E-state index is 13.5. The van der Waals surface area contributed by atoms with Gasteiger partial charge in [-0.1, -0.05) is 31.9 Å². The standard InChI is InChI=1S/C9H4Br2FNS.C9H5BrFNOS/c10-5-1-2-6(7(12)3-5)8-4-14-9(11)13-8;10-6-1-2-7(8(11)3-6)9(13)4-14-5-12/h1-4H;1-3H,4H2. The molecular weight excluding hydrogens is 602 g/mol. The third-order valence-electron chi connectivity index (χ3n) is 3.18. The Kier molecular flexibility index (Phi) is 9.24. The highest BCUT2D eigenvalue weighted by atomic mass is 79.9. The van der Waals surface area contributed by atoms with Crippen molar-refractivity contribution in [1.29, 1.82) is 5.26 Å². The van der Waals surface area contributed by atoms with Crippen molar-refractivity contribution in [2.75, 3.05) is 5.75 Å². The molecule has 2 aromatic carbocycles. The Morgan fingerprint density at radius 1 is 1.11 bits per heavy atom. The number of benzene rings is 2. The number of hydrogen-bond donors (Lipinski definition) is 0. The zero-order chi connectivity index (χ0) is 20.7. The van der Waals surface area contributed by atoms with E-state index >= 15 is 0 Å². The number of carbonyl (C=O) groups excluding carboxylic acids is 1. The summed E-state index contributed by atoms with van der Waals surface area (Å²) in [4.78, 5) is 15.5. The summed E-state index contributed by atoms with van der Waals surface area (Å²) < 4.78 is 28.7. The molecule has 0 saturated heterocycles. The van der Waals surface area contributed by atoms with Gasteiger partial charge >= 0.3 is 0 Å². The van der Waals surface area contributed by atoms with E-state index in [9.17, 15) is 13.6 Å². The largest absolute Gasteiger partial charge is 0.293 e. The van der Waals surface area contributed by atoms with Crippen molar-refractivity contribution in [3.63, 3.8) is 0 Å². The van der Waals surface area contributed by atoms with Crippen LogP contribution in [0.5, 0.6) is 0 Å². The van der Waals surface area contributed by atoms with Crippen molar-refractivity contribution in [2.24, 2.45) is 0 Å². The highest BCUT2D eigenvalue weighted by molar-refractivity contribution is 9.11. The van der Waals surface area contributed by atoms with E-state index in [4.69, 9.17) is 5.26 Å². The lowest BCUT2D eigenvalue weighted by atomic mass is 10.1. The molecule has 0 N–H and O–H groups in total. The molecule has 0 atom stereocenters. The predicted octanol–water partition coefficient (Wildman–Crippen LogP) is 7.46. The molecule has 10 heteroatoms. The number of carbonyl (C=O) groups is 1. The molecular formula is C18H9Br3F2N2OS2. The van der Waals surface area contributed by atoms with Gasteiger partial charge in [0.1, 0.15) is 17.0 Å². The maximum Gasteiger partial charge on any atom is 0.176 e. The number of aromatic nitrogens is 1. The van der Waals surface area contributed by atoms with E-state index < -0.39 is 5.82 Å². The van der Waals surface area contributed by atoms with E-state index in [2.05, 4.69) is 52.8 Å². The summed E-state index contributed by atoms with van der Waals surface area (Å²) in [6.07, 6.45) is 0. The van der Waals surface area contributed by atoms with Crippen LogP contribution in [0.3, 0.4) is 0 Å². The van der Waals surface area contributed by atoms with E-state index in [1.165, 1.54) is 29.5 Å². The van der Waals surface area contributed by atoms with Gasteiger partial charge in [-0.3, -0.25) is 4.79 Å². The second kappa shape index (κ2) is 11.2. The number of hydrogen-bond acceptors (Lipinski definition) is 5. The SMILES string of the molecule is Fc1cc(Br)ccc1-c1csc(Br)n1.N#CSCC(=O)c1ccc(Br)cc1F. The lowest BCUT2D eigenvalue weighted by molar-refractivity contribution is 0.101. The average Bonchev–Trinajstić information content (AvgIpc) is 3.06. The molecule has 28 heavy (non-hydrogen) atoms. The van der Waals surface area contributed by atoms with Gasteiger partial charge in [-0.05, 0) is 64.1 Å². The first-order chi connectivity index (χ1) is 13.3. The first kappa shape index (κ1) is 23.2. The third kappa shape index (κ3) is 6.74. The Morgan fingerprint density at radius 3 is 2.29 bits per heavy atom. The van der Waals surface area contributed by atoms with Crippen molar-refractivity contribution in [2.45, 2.75) is 0 Å². The highest BCUT2D eigenvalue weighted by Gasteiger charge is 2.11. The highest BCUT2D eigenvalue weighted by Crippen LogP contribution is 2.28. The van der Waals surface area contributed by atoms with Crippen LogP contribution >= 0.6 is 70.9 Å². The fourth-order valence-electron chi connectivity index (χ4n) is 1.96. The monoisotopic (exact) mass is 608 g/mol. The van der Waals surface area contributed by atoms with Crippen molar-refractivity contribution < 1.29 is 13.6 Å². The van der Waals surface area contributed by atoms with Crippen LogP contribution in [0.4, 0.5) is 8.78 Å². The Hall–Kier alpha value is -1.12. The number of thiocyanates is 1. The van der Waals surface area contributed by atoms with Gasteiger partial charge in [-0.2, -0.15) is 5.26 Å². The van der Waals surface area contributed by atoms with E-state index in [1.54, 1.807) is 23.6 Å². The number of nitrogens with zero attached hydrogens (tertiary/aromatic N) is 2. The number of nitriles is 1. The van der Waals surface area contributed by atoms with Crippen LogP contribution in [0.25, 0.3) is 11.3 Å². The van der Waals surface area contributed by atoms with Gasteiger partial charge in [-0.15, -0.1) is 11.3 Å². The fraction of sp³-hybridized carbons (Fsp3) is 0.0556. The van der Waals surface area contributed by atoms with Gasteiger partial charge in [0.15, 0.2) is 9.70 Å². The minimum absolute atomic E-state index is 0.0188. The molecule has 3 nitrogen and oxygen atoms in total. The zero-order valence-corrected chi connectivity index (χ0v) is 20.1. The normalized spacial score (nSPS) is 10.0. The van der Waals surface area contributed by atoms with Gasteiger partial charge in [0.25, 0.3) is 0 Å². The molecule has 0 saturated carbocycles. The number of thiazole rings is 1. The number of halogens is 5. The molecule has 1 heterocycles. The maximum absolute atomic E-state index is 13.5. The van der Waals surface area contributed by atoms with Crippen LogP contribution in [0.2, 0.25) is 0 Å². The first-order valence-corrected chi connectivity index (χ1v) is 11.6. The lowest BCUT2D eigenvalue weighted by Gasteiger charge is -2.00. The number of thioether (sulfide) groups is 1. The van der Waals surface area contributed by atoms with E-state index in [1.807, 2.05) is 5.38 Å². The molecule has 0 radical (unpaired) electrons. The molecule has 3 aromatic rings. The molecule has 144 valence electrons. The van der Waals surface area contributed by atoms with Crippen molar-refractivity contribution in [3.05, 3.63) is 71.8 Å². The van der Waals surface area contributed by atoms with Crippen molar-refractivity contribution >= 4 is 76.7 Å². The molecule has 0 aliphatic carbocycles. The van der Waals surface area contributed by atoms with E-state index in [0.717, 1.165) is 20.2 Å². The molecule has 3 rings (SSSR count). The molecule has 0 aliphatic heterocycles. The van der Waals surface area contributed by atoms with Crippen LogP contribution in [0.1, 0.15) is 10.4 Å². The van der Waals surface area contributed by atoms with Crippen LogP contribution < -0.4 is 0 Å². The Morgan fingerprint density at radius 2 is 1.75 bits per heavy atom. The van der Waals surface area contributed by atoms with Gasteiger partial charge in [-0.25, -0.2) is 13.8 Å². The summed E-state index contributed by atoms with van der Waals surface area (Å²) in [5, 5.41) is 11.8. The van der Waals surface area contributed by atoms with Crippen LogP contribution in [0.15, 0.2) is 54.6 Å². The van der Waals surface area contributed by atoms with Crippen molar-refractivity contribution in [3.8, 4) is 16.7 Å². The minimum Gasteiger partial charge on any atom is -0.293 e. The third-order valence-corrected chi connectivity index (χ3v) is 6.07. The smallest absolute Gasteiger partial charge is 0.176 e. The summed E-state index contributed by atoms with van der Waals surface area (Å²) >= 11 is 11.8. The Labute approximate surface area is 193 Å². The fourth-order valence-corrected chi connectivity index (χ4v) is 3.99. The van der Waals surface area contributed by atoms with Crippen LogP contribution in [-0.4, -0.2) is 16.5 Å². The Balaban J connectivity index is 0.000000200. The number of rotatable bonds is 4. The zero-order valence-electron chi connectivity index (χ0n) is 13.8. The molecule has 0 amide bonds. The molecule has 0 spiro atoms. The summed E-state index contributed by atoms with van der Waals surface area (Å²) in [6, 6.07) is 9.16. The van der Waals surface area contributed by atoms with Gasteiger partial charge in [0.05, 0.1) is 17.0 Å². The molecule has 0 aliphatic rings. The summed E-state index contributed by atoms with van der Waals surface area (Å²) in [6.45, 7) is 0. The predicted molar refractivity (Wildman–Crippen MR) is 119 cm³/mol. The topological polar surface area (TPSA) is 53.8 Å². The first-order valence-electron chi connectivity index (χ1n) is 7.37. The quantitative estimate of drug-likeness (QED) is 0.227. The summed E-state index contributed by atoms with van der Waals surface area (Å²) in [5.74, 6) is -1.23. The number of Topliss-reactive ketones (excluding diaryl/α,β-unsaturated/α-hetero) is 1. The lowest BCUT2D eigenvalue weighted by Crippen LogP contribution is -2.04. The second-order valence-electron chi connectivity index (χ2n) is 5.04. The van der Waals surface area contributed by atoms with Crippen LogP contribution in [0, 0.1) is 22.3 Å². The summed E-state index contributed by atoms with van der Waals surface area (Å²) in [7, 11) is 0. The Bertz CT molecular complexity index is 1040. The molecule has 0 bridgehead atoms. The molecule has 0 unspecified atom stereocenters. The molecule has 1 aromatic heterocycles. The van der Waals surface area contributed by atoms with Gasteiger partial charge in [0, 0.05) is 19.9 Å². The van der Waals surface area contributed by atoms with Gasteiger partial charge in [0.2, 0.25) is 0 Å². The molecule has 0 fully saturated rings. The second-order valence-corrected chi connectivity index (χ2v) is 9.76. The van der Waals surface area contributed by atoms with Crippen molar-refractivity contribution in [1.82, 2.24) is 4.98 Å². The summed E-state index contributed by atoms with van der Waals surface area (Å²) in [5.41, 5.74) is 1.21. The minimum atomic E-state index is -0.567. The number of ketones is 1. The van der Waals surface area contributed by atoms with Gasteiger partial charge < -0.3 is 0 Å². The van der Waals surface area contributed by atoms with Crippen LogP contribution in [-0.2, 0) is 0 Å². The average molecular weight is 611 g/mol. The van der Waals surface area contributed by atoms with E-state index in [0.29, 0.717) is 15.7 Å².